The number of methoxy groups -OCH3 is 1. The number of hydrogen-bond donors (Lipinski definition) is 0. The summed E-state index contributed by atoms with van der Waals surface area (Å²) in [7, 11) is 1.31. The summed E-state index contributed by atoms with van der Waals surface area (Å²) in [6, 6.07) is 10.8. The zero-order valence-corrected chi connectivity index (χ0v) is 11.5. The first-order valence-corrected chi connectivity index (χ1v) is 6.32. The Bertz CT molecular complexity index is 867. The monoisotopic (exact) mass is 298 g/mol. The Kier molecular flexibility index (Phi) is 3.30. The molecule has 0 saturated carbocycles. The van der Waals surface area contributed by atoms with Crippen molar-refractivity contribution >= 4 is 22.8 Å². The van der Waals surface area contributed by atoms with Crippen LogP contribution in [0.15, 0.2) is 46.9 Å². The number of rotatable bonds is 3. The van der Waals surface area contributed by atoms with Crippen LogP contribution < -0.4 is 0 Å². The van der Waals surface area contributed by atoms with Gasteiger partial charge in [-0.2, -0.15) is 0 Å². The Morgan fingerprint density at radius 1 is 1.23 bits per heavy atom. The maximum absolute atomic E-state index is 11.4. The number of hydrogen-bond acceptors (Lipinski definition) is 6. The lowest BCUT2D eigenvalue weighted by atomic mass is 10.1. The number of nitro benzene ring substituents is 1. The van der Waals surface area contributed by atoms with Crippen LogP contribution in [0.4, 0.5) is 5.69 Å². The largest absolute Gasteiger partial charge is 0.465 e. The van der Waals surface area contributed by atoms with Gasteiger partial charge in [-0.15, -0.1) is 0 Å². The number of nitro groups is 1. The predicted octanol–water partition coefficient (Wildman–Crippen LogP) is 3.19. The van der Waals surface area contributed by atoms with E-state index in [0.29, 0.717) is 28.1 Å². The Morgan fingerprint density at radius 3 is 2.59 bits per heavy atom. The molecular formula is C15H10N2O5. The third-order valence-electron chi connectivity index (χ3n) is 3.13. The normalized spacial score (nSPS) is 10.6. The lowest BCUT2D eigenvalue weighted by Gasteiger charge is -1.99. The molecule has 0 aliphatic rings. The number of oxazole rings is 1. The maximum Gasteiger partial charge on any atom is 0.337 e. The van der Waals surface area contributed by atoms with E-state index in [0.717, 1.165) is 0 Å². The number of esters is 1. The van der Waals surface area contributed by atoms with Crippen molar-refractivity contribution < 1.29 is 18.9 Å². The molecule has 0 aliphatic carbocycles. The van der Waals surface area contributed by atoms with Gasteiger partial charge in [0.15, 0.2) is 5.58 Å². The molecule has 3 rings (SSSR count). The van der Waals surface area contributed by atoms with E-state index < -0.39 is 10.9 Å². The SMILES string of the molecule is COC(=O)c1ccc(-c2nc3cc([N+](=O)[O-])ccc3o2)cc1. The molecule has 0 aliphatic heterocycles. The first-order chi connectivity index (χ1) is 10.6. The summed E-state index contributed by atoms with van der Waals surface area (Å²) in [4.78, 5) is 25.9. The molecule has 0 spiro atoms. The summed E-state index contributed by atoms with van der Waals surface area (Å²) in [5, 5.41) is 10.8. The van der Waals surface area contributed by atoms with Crippen LogP contribution in [0.1, 0.15) is 10.4 Å². The third-order valence-corrected chi connectivity index (χ3v) is 3.13. The van der Waals surface area contributed by atoms with E-state index in [2.05, 4.69) is 9.72 Å². The number of aromatic nitrogens is 1. The van der Waals surface area contributed by atoms with Crippen LogP contribution in [0, 0.1) is 10.1 Å². The molecule has 0 atom stereocenters. The summed E-state index contributed by atoms with van der Waals surface area (Å²) in [6.07, 6.45) is 0. The van der Waals surface area contributed by atoms with E-state index in [1.54, 1.807) is 24.3 Å². The van der Waals surface area contributed by atoms with Crippen molar-refractivity contribution in [3.63, 3.8) is 0 Å². The molecular weight excluding hydrogens is 288 g/mol. The fourth-order valence-corrected chi connectivity index (χ4v) is 2.02. The molecule has 1 aromatic heterocycles. The lowest BCUT2D eigenvalue weighted by molar-refractivity contribution is -0.384. The van der Waals surface area contributed by atoms with Gasteiger partial charge in [0.05, 0.1) is 17.6 Å². The van der Waals surface area contributed by atoms with Gasteiger partial charge >= 0.3 is 5.97 Å². The van der Waals surface area contributed by atoms with E-state index in [9.17, 15) is 14.9 Å². The summed E-state index contributed by atoms with van der Waals surface area (Å²) in [5.74, 6) is -0.105. The Balaban J connectivity index is 1.99. The van der Waals surface area contributed by atoms with Crippen LogP contribution in [-0.2, 0) is 4.74 Å². The highest BCUT2D eigenvalue weighted by Crippen LogP contribution is 2.27. The number of ether oxygens (including phenoxy) is 1. The minimum Gasteiger partial charge on any atom is -0.465 e. The average molecular weight is 298 g/mol. The molecule has 0 amide bonds. The molecule has 1 heterocycles. The number of carbonyl (C=O) groups excluding carboxylic acids is 1. The second-order valence-corrected chi connectivity index (χ2v) is 4.50. The zero-order chi connectivity index (χ0) is 15.7. The van der Waals surface area contributed by atoms with Gasteiger partial charge in [0.1, 0.15) is 5.52 Å². The van der Waals surface area contributed by atoms with Gasteiger partial charge in [-0.05, 0) is 30.3 Å². The molecule has 0 fully saturated rings. The number of non-ortho nitro benzene ring substituents is 1. The minimum atomic E-state index is -0.487. The van der Waals surface area contributed by atoms with Crippen LogP contribution in [0.2, 0.25) is 0 Å². The maximum atomic E-state index is 11.4. The summed E-state index contributed by atoms with van der Waals surface area (Å²) >= 11 is 0. The van der Waals surface area contributed by atoms with Gasteiger partial charge in [-0.25, -0.2) is 9.78 Å². The van der Waals surface area contributed by atoms with E-state index in [-0.39, 0.29) is 5.69 Å². The van der Waals surface area contributed by atoms with Crippen molar-refractivity contribution in [3.8, 4) is 11.5 Å². The van der Waals surface area contributed by atoms with E-state index in [1.807, 2.05) is 0 Å². The van der Waals surface area contributed by atoms with E-state index >= 15 is 0 Å². The van der Waals surface area contributed by atoms with Crippen molar-refractivity contribution in [1.29, 1.82) is 0 Å². The zero-order valence-electron chi connectivity index (χ0n) is 11.5. The fourth-order valence-electron chi connectivity index (χ4n) is 2.02. The molecule has 22 heavy (non-hydrogen) atoms. The van der Waals surface area contributed by atoms with Gasteiger partial charge in [0.2, 0.25) is 5.89 Å². The number of nitrogens with zero attached hydrogens (tertiary/aromatic N) is 2. The molecule has 0 saturated heterocycles. The summed E-state index contributed by atoms with van der Waals surface area (Å²) in [6.45, 7) is 0. The van der Waals surface area contributed by atoms with Crippen molar-refractivity contribution in [2.45, 2.75) is 0 Å². The molecule has 0 N–H and O–H groups in total. The summed E-state index contributed by atoms with van der Waals surface area (Å²) in [5.41, 5.74) is 1.89. The van der Waals surface area contributed by atoms with Crippen molar-refractivity contribution in [1.82, 2.24) is 4.98 Å². The highest BCUT2D eigenvalue weighted by atomic mass is 16.6. The molecule has 0 unspecified atom stereocenters. The molecule has 0 bridgehead atoms. The average Bonchev–Trinajstić information content (AvgIpc) is 2.97. The lowest BCUT2D eigenvalue weighted by Crippen LogP contribution is -2.00. The van der Waals surface area contributed by atoms with Gasteiger partial charge in [0, 0.05) is 17.7 Å². The molecule has 2 aromatic carbocycles. The smallest absolute Gasteiger partial charge is 0.337 e. The van der Waals surface area contributed by atoms with Gasteiger partial charge in [-0.1, -0.05) is 0 Å². The molecule has 110 valence electrons. The van der Waals surface area contributed by atoms with Gasteiger partial charge in [0.25, 0.3) is 5.69 Å². The van der Waals surface area contributed by atoms with Crippen molar-refractivity contribution in [2.24, 2.45) is 0 Å². The van der Waals surface area contributed by atoms with Crippen LogP contribution in [0.25, 0.3) is 22.6 Å². The van der Waals surface area contributed by atoms with Gasteiger partial charge < -0.3 is 9.15 Å². The molecule has 7 nitrogen and oxygen atoms in total. The van der Waals surface area contributed by atoms with Crippen molar-refractivity contribution in [2.75, 3.05) is 7.11 Å². The highest BCUT2D eigenvalue weighted by Gasteiger charge is 2.13. The Labute approximate surface area is 124 Å². The Morgan fingerprint density at radius 2 is 1.95 bits per heavy atom. The topological polar surface area (TPSA) is 95.5 Å². The van der Waals surface area contributed by atoms with Crippen molar-refractivity contribution in [3.05, 3.63) is 58.1 Å². The first kappa shape index (κ1) is 13.7. The highest BCUT2D eigenvalue weighted by molar-refractivity contribution is 5.90. The number of carbonyl (C=O) groups is 1. The fraction of sp³-hybridized carbons (Fsp3) is 0.0667. The number of benzene rings is 2. The van der Waals surface area contributed by atoms with Crippen LogP contribution in [0.5, 0.6) is 0 Å². The quantitative estimate of drug-likeness (QED) is 0.418. The number of fused-ring (bicyclic) bond motifs is 1. The predicted molar refractivity (Wildman–Crippen MR) is 77.4 cm³/mol. The second kappa shape index (κ2) is 5.28. The van der Waals surface area contributed by atoms with E-state index in [4.69, 9.17) is 4.42 Å². The third kappa shape index (κ3) is 2.39. The molecule has 3 aromatic rings. The Hall–Kier alpha value is -3.22. The van der Waals surface area contributed by atoms with Crippen LogP contribution >= 0.6 is 0 Å². The van der Waals surface area contributed by atoms with E-state index in [1.165, 1.54) is 25.3 Å². The second-order valence-electron chi connectivity index (χ2n) is 4.50. The first-order valence-electron chi connectivity index (χ1n) is 6.32. The van der Waals surface area contributed by atoms with Crippen LogP contribution in [-0.4, -0.2) is 23.0 Å². The molecule has 7 heteroatoms. The summed E-state index contributed by atoms with van der Waals surface area (Å²) < 4.78 is 10.2. The van der Waals surface area contributed by atoms with Gasteiger partial charge in [-0.3, -0.25) is 10.1 Å². The molecule has 0 radical (unpaired) electrons. The minimum absolute atomic E-state index is 0.0478. The standard InChI is InChI=1S/C15H10N2O5/c1-21-15(18)10-4-2-9(3-5-10)14-16-12-8-11(17(19)20)6-7-13(12)22-14/h2-8H,1H3. The van der Waals surface area contributed by atoms with Crippen LogP contribution in [0.3, 0.4) is 0 Å².